The molecule has 162 valence electrons. The van der Waals surface area contributed by atoms with Crippen molar-refractivity contribution in [3.63, 3.8) is 0 Å². The van der Waals surface area contributed by atoms with Crippen LogP contribution in [0.15, 0.2) is 54.9 Å². The summed E-state index contributed by atoms with van der Waals surface area (Å²) in [7, 11) is 1.66. The second-order valence-electron chi connectivity index (χ2n) is 8.43. The normalized spacial score (nSPS) is 12.3. The van der Waals surface area contributed by atoms with Gasteiger partial charge >= 0.3 is 0 Å². The van der Waals surface area contributed by atoms with E-state index in [-0.39, 0.29) is 17.4 Å². The standard InChI is InChI=1S/C24H29N5O2/c1-16(26-21-14-20(15-31-5)28-23(29-21)24(2,3)4)17-6-8-19(9-7-17)27-22(30)18-10-12-25-13-11-18/h6-14,16H,15H2,1-5H3,(H,27,30)(H,26,28,29). The third-order valence-corrected chi connectivity index (χ3v) is 4.72. The van der Waals surface area contributed by atoms with Crippen molar-refractivity contribution in [2.45, 2.75) is 45.8 Å². The first-order valence-electron chi connectivity index (χ1n) is 10.2. The number of benzene rings is 1. The summed E-state index contributed by atoms with van der Waals surface area (Å²) in [6.07, 6.45) is 3.20. The number of anilines is 2. The van der Waals surface area contributed by atoms with Crippen molar-refractivity contribution in [2.75, 3.05) is 17.7 Å². The first-order chi connectivity index (χ1) is 14.8. The lowest BCUT2D eigenvalue weighted by atomic mass is 9.95. The SMILES string of the molecule is COCc1cc(NC(C)c2ccc(NC(=O)c3ccncc3)cc2)nc(C(C)(C)C)n1. The number of nitrogens with one attached hydrogen (secondary N) is 2. The minimum Gasteiger partial charge on any atom is -0.378 e. The maximum Gasteiger partial charge on any atom is 0.255 e. The van der Waals surface area contributed by atoms with Crippen LogP contribution < -0.4 is 10.6 Å². The van der Waals surface area contributed by atoms with E-state index in [1.165, 1.54) is 0 Å². The summed E-state index contributed by atoms with van der Waals surface area (Å²) in [5.74, 6) is 1.36. The summed E-state index contributed by atoms with van der Waals surface area (Å²) in [6, 6.07) is 13.1. The monoisotopic (exact) mass is 419 g/mol. The molecule has 2 N–H and O–H groups in total. The molecule has 0 aliphatic carbocycles. The molecule has 3 rings (SSSR count). The van der Waals surface area contributed by atoms with Gasteiger partial charge < -0.3 is 15.4 Å². The Balaban J connectivity index is 1.71. The van der Waals surface area contributed by atoms with Gasteiger partial charge in [-0.3, -0.25) is 9.78 Å². The van der Waals surface area contributed by atoms with Crippen LogP contribution in [-0.2, 0) is 16.8 Å². The number of nitrogens with zero attached hydrogens (tertiary/aromatic N) is 3. The molecule has 7 heteroatoms. The molecule has 0 saturated heterocycles. The van der Waals surface area contributed by atoms with Crippen molar-refractivity contribution < 1.29 is 9.53 Å². The van der Waals surface area contributed by atoms with Crippen molar-refractivity contribution in [3.05, 3.63) is 77.5 Å². The molecule has 0 radical (unpaired) electrons. The van der Waals surface area contributed by atoms with Crippen LogP contribution in [0.1, 0.15) is 61.2 Å². The molecule has 0 fully saturated rings. The van der Waals surface area contributed by atoms with Crippen molar-refractivity contribution in [1.29, 1.82) is 0 Å². The number of hydrogen-bond acceptors (Lipinski definition) is 6. The lowest BCUT2D eigenvalue weighted by Crippen LogP contribution is -2.19. The molecule has 31 heavy (non-hydrogen) atoms. The summed E-state index contributed by atoms with van der Waals surface area (Å²) < 4.78 is 5.26. The number of ether oxygens (including phenoxy) is 1. The molecule has 7 nitrogen and oxygen atoms in total. The van der Waals surface area contributed by atoms with Crippen molar-refractivity contribution in [2.24, 2.45) is 0 Å². The van der Waals surface area contributed by atoms with E-state index in [0.717, 1.165) is 28.6 Å². The van der Waals surface area contributed by atoms with Crippen molar-refractivity contribution in [1.82, 2.24) is 15.0 Å². The zero-order valence-corrected chi connectivity index (χ0v) is 18.6. The molecule has 1 atom stereocenters. The van der Waals surface area contributed by atoms with Crippen LogP contribution >= 0.6 is 0 Å². The van der Waals surface area contributed by atoms with Gasteiger partial charge in [0.15, 0.2) is 0 Å². The zero-order valence-electron chi connectivity index (χ0n) is 18.6. The number of pyridine rings is 1. The van der Waals surface area contributed by atoms with E-state index in [0.29, 0.717) is 12.2 Å². The Labute approximate surface area is 183 Å². The number of amides is 1. The molecular formula is C24H29N5O2. The summed E-state index contributed by atoms with van der Waals surface area (Å²) in [5.41, 5.74) is 3.05. The molecular weight excluding hydrogens is 390 g/mol. The van der Waals surface area contributed by atoms with Crippen LogP contribution in [-0.4, -0.2) is 28.0 Å². The van der Waals surface area contributed by atoms with Crippen molar-refractivity contribution >= 4 is 17.4 Å². The smallest absolute Gasteiger partial charge is 0.255 e. The van der Waals surface area contributed by atoms with Crippen molar-refractivity contribution in [3.8, 4) is 0 Å². The number of aromatic nitrogens is 3. The van der Waals surface area contributed by atoms with Crippen LogP contribution in [0.4, 0.5) is 11.5 Å². The quantitative estimate of drug-likeness (QED) is 0.575. The predicted molar refractivity (Wildman–Crippen MR) is 122 cm³/mol. The summed E-state index contributed by atoms with van der Waals surface area (Å²) in [6.45, 7) is 8.77. The molecule has 1 aromatic carbocycles. The second kappa shape index (κ2) is 9.66. The molecule has 1 amide bonds. The van der Waals surface area contributed by atoms with Crippen LogP contribution in [0, 0.1) is 0 Å². The molecule has 0 saturated carbocycles. The van der Waals surface area contributed by atoms with Gasteiger partial charge in [0, 0.05) is 48.3 Å². The third kappa shape index (κ3) is 6.08. The highest BCUT2D eigenvalue weighted by molar-refractivity contribution is 6.04. The molecule has 0 bridgehead atoms. The number of carbonyl (C=O) groups excluding carboxylic acids is 1. The number of hydrogen-bond donors (Lipinski definition) is 2. The maximum atomic E-state index is 12.3. The average molecular weight is 420 g/mol. The summed E-state index contributed by atoms with van der Waals surface area (Å²) in [5, 5.41) is 6.35. The van der Waals surface area contributed by atoms with Crippen LogP contribution in [0.2, 0.25) is 0 Å². The Bertz CT molecular complexity index is 1010. The molecule has 3 aromatic rings. The van der Waals surface area contributed by atoms with Gasteiger partial charge in [-0.15, -0.1) is 0 Å². The van der Waals surface area contributed by atoms with Crippen LogP contribution in [0.5, 0.6) is 0 Å². The highest BCUT2D eigenvalue weighted by atomic mass is 16.5. The van der Waals surface area contributed by atoms with E-state index >= 15 is 0 Å². The number of rotatable bonds is 7. The third-order valence-electron chi connectivity index (χ3n) is 4.72. The van der Waals surface area contributed by atoms with Gasteiger partial charge in [0.2, 0.25) is 0 Å². The second-order valence-corrected chi connectivity index (χ2v) is 8.43. The topological polar surface area (TPSA) is 89.0 Å². The van der Waals surface area contributed by atoms with Gasteiger partial charge in [0.1, 0.15) is 11.6 Å². The zero-order chi connectivity index (χ0) is 22.4. The van der Waals surface area contributed by atoms with Gasteiger partial charge in [-0.1, -0.05) is 32.9 Å². The Kier molecular flexibility index (Phi) is 6.97. The number of methoxy groups -OCH3 is 1. The van der Waals surface area contributed by atoms with E-state index in [2.05, 4.69) is 48.3 Å². The van der Waals surface area contributed by atoms with E-state index in [1.807, 2.05) is 30.3 Å². The first kappa shape index (κ1) is 22.4. The largest absolute Gasteiger partial charge is 0.378 e. The van der Waals surface area contributed by atoms with Crippen LogP contribution in [0.3, 0.4) is 0 Å². The first-order valence-corrected chi connectivity index (χ1v) is 10.2. The average Bonchev–Trinajstić information content (AvgIpc) is 2.74. The molecule has 1 unspecified atom stereocenters. The lowest BCUT2D eigenvalue weighted by Gasteiger charge is -2.21. The Morgan fingerprint density at radius 2 is 1.74 bits per heavy atom. The molecule has 2 heterocycles. The van der Waals surface area contributed by atoms with E-state index < -0.39 is 0 Å². The summed E-state index contributed by atoms with van der Waals surface area (Å²) in [4.78, 5) is 25.5. The Hall–Kier alpha value is -3.32. The van der Waals surface area contributed by atoms with Gasteiger partial charge in [0.05, 0.1) is 12.3 Å². The minimum absolute atomic E-state index is 0.0167. The molecule has 0 aliphatic rings. The van der Waals surface area contributed by atoms with Gasteiger partial charge in [-0.05, 0) is 36.8 Å². The Morgan fingerprint density at radius 1 is 1.06 bits per heavy atom. The van der Waals surface area contributed by atoms with Crippen LogP contribution in [0.25, 0.3) is 0 Å². The molecule has 2 aromatic heterocycles. The maximum absolute atomic E-state index is 12.3. The highest BCUT2D eigenvalue weighted by Gasteiger charge is 2.20. The fraction of sp³-hybridized carbons (Fsp3) is 0.333. The molecule has 0 aliphatic heterocycles. The summed E-state index contributed by atoms with van der Waals surface area (Å²) >= 11 is 0. The van der Waals surface area contributed by atoms with Gasteiger partial charge in [0.25, 0.3) is 5.91 Å². The Morgan fingerprint density at radius 3 is 2.35 bits per heavy atom. The number of carbonyl (C=O) groups is 1. The molecule has 0 spiro atoms. The van der Waals surface area contributed by atoms with E-state index in [9.17, 15) is 4.79 Å². The van der Waals surface area contributed by atoms with Gasteiger partial charge in [-0.25, -0.2) is 9.97 Å². The minimum atomic E-state index is -0.169. The fourth-order valence-electron chi connectivity index (χ4n) is 3.00. The van der Waals surface area contributed by atoms with E-state index in [4.69, 9.17) is 9.72 Å². The lowest BCUT2D eigenvalue weighted by molar-refractivity contribution is 0.102. The van der Waals surface area contributed by atoms with E-state index in [1.54, 1.807) is 31.6 Å². The van der Waals surface area contributed by atoms with Gasteiger partial charge in [-0.2, -0.15) is 0 Å². The predicted octanol–water partition coefficient (Wildman–Crippen LogP) is 4.74. The fourth-order valence-corrected chi connectivity index (χ4v) is 3.00. The highest BCUT2D eigenvalue weighted by Crippen LogP contribution is 2.24.